The standard InChI is InChI=1S/C9H17NO4S/c1-8(2)6-14-5-4-10-9(11)7-15(3,12)13/h1,4-7H2,2-3H3,(H,10,11). The minimum absolute atomic E-state index is 0.307. The second-order valence-electron chi connectivity index (χ2n) is 3.43. The molecule has 0 atom stereocenters. The van der Waals surface area contributed by atoms with E-state index < -0.39 is 21.5 Å². The van der Waals surface area contributed by atoms with Crippen LogP contribution in [0.4, 0.5) is 0 Å². The predicted molar refractivity (Wildman–Crippen MR) is 58.4 cm³/mol. The molecule has 0 heterocycles. The molecule has 0 saturated carbocycles. The quantitative estimate of drug-likeness (QED) is 0.487. The molecule has 1 amide bonds. The van der Waals surface area contributed by atoms with E-state index >= 15 is 0 Å². The second kappa shape index (κ2) is 6.58. The Morgan fingerprint density at radius 3 is 2.53 bits per heavy atom. The van der Waals surface area contributed by atoms with E-state index in [1.807, 2.05) is 6.92 Å². The van der Waals surface area contributed by atoms with Crippen LogP contribution >= 0.6 is 0 Å². The lowest BCUT2D eigenvalue weighted by Gasteiger charge is -2.05. The Balaban J connectivity index is 3.52. The molecule has 88 valence electrons. The Bertz CT molecular complexity index is 321. The van der Waals surface area contributed by atoms with Crippen molar-refractivity contribution in [3.63, 3.8) is 0 Å². The number of amides is 1. The smallest absolute Gasteiger partial charge is 0.235 e. The summed E-state index contributed by atoms with van der Waals surface area (Å²) in [6.45, 7) is 6.58. The van der Waals surface area contributed by atoms with Crippen molar-refractivity contribution in [2.45, 2.75) is 6.92 Å². The van der Waals surface area contributed by atoms with Gasteiger partial charge in [-0.1, -0.05) is 12.2 Å². The third-order valence-corrected chi connectivity index (χ3v) is 2.10. The van der Waals surface area contributed by atoms with Crippen molar-refractivity contribution in [1.82, 2.24) is 5.32 Å². The van der Waals surface area contributed by atoms with Gasteiger partial charge in [0.2, 0.25) is 5.91 Å². The van der Waals surface area contributed by atoms with Crippen molar-refractivity contribution < 1.29 is 17.9 Å². The first-order chi connectivity index (χ1) is 6.81. The molecule has 6 heteroatoms. The molecule has 0 aliphatic rings. The van der Waals surface area contributed by atoms with Gasteiger partial charge in [0.05, 0.1) is 13.2 Å². The number of hydrogen-bond acceptors (Lipinski definition) is 4. The summed E-state index contributed by atoms with van der Waals surface area (Å²) in [5.41, 5.74) is 0.900. The zero-order chi connectivity index (χ0) is 11.9. The highest BCUT2D eigenvalue weighted by Crippen LogP contribution is 1.87. The summed E-state index contributed by atoms with van der Waals surface area (Å²) >= 11 is 0. The second-order valence-corrected chi connectivity index (χ2v) is 5.57. The molecule has 0 fully saturated rings. The lowest BCUT2D eigenvalue weighted by atomic mass is 10.4. The first kappa shape index (κ1) is 14.1. The molecule has 5 nitrogen and oxygen atoms in total. The molecule has 0 unspecified atom stereocenters. The van der Waals surface area contributed by atoms with E-state index in [0.29, 0.717) is 19.8 Å². The van der Waals surface area contributed by atoms with Gasteiger partial charge < -0.3 is 10.1 Å². The Hall–Kier alpha value is -0.880. The van der Waals surface area contributed by atoms with Crippen molar-refractivity contribution in [3.05, 3.63) is 12.2 Å². The Kier molecular flexibility index (Phi) is 6.19. The number of rotatable bonds is 7. The van der Waals surface area contributed by atoms with Crippen LogP contribution < -0.4 is 5.32 Å². The monoisotopic (exact) mass is 235 g/mol. The van der Waals surface area contributed by atoms with E-state index in [1.54, 1.807) is 0 Å². The molecule has 15 heavy (non-hydrogen) atoms. The van der Waals surface area contributed by atoms with Gasteiger partial charge in [-0.15, -0.1) is 0 Å². The molecule has 0 bridgehead atoms. The van der Waals surface area contributed by atoms with Gasteiger partial charge in [-0.05, 0) is 6.92 Å². The van der Waals surface area contributed by atoms with Crippen LogP contribution in [-0.2, 0) is 19.4 Å². The third kappa shape index (κ3) is 11.0. The largest absolute Gasteiger partial charge is 0.375 e. The molecule has 0 aliphatic carbocycles. The molecule has 0 radical (unpaired) electrons. The van der Waals surface area contributed by atoms with Crippen LogP contribution in [0, 0.1) is 0 Å². The summed E-state index contributed by atoms with van der Waals surface area (Å²) in [4.78, 5) is 11.0. The van der Waals surface area contributed by atoms with Gasteiger partial charge in [0.15, 0.2) is 9.84 Å². The van der Waals surface area contributed by atoms with Crippen LogP contribution in [0.3, 0.4) is 0 Å². The average Bonchev–Trinajstić information content (AvgIpc) is 1.99. The molecule has 0 aromatic rings. The average molecular weight is 235 g/mol. The van der Waals surface area contributed by atoms with E-state index in [4.69, 9.17) is 4.74 Å². The first-order valence-corrected chi connectivity index (χ1v) is 6.54. The lowest BCUT2D eigenvalue weighted by Crippen LogP contribution is -2.32. The van der Waals surface area contributed by atoms with Crippen LogP contribution in [0.1, 0.15) is 6.92 Å². The number of sulfone groups is 1. The maximum absolute atomic E-state index is 11.0. The Morgan fingerprint density at radius 2 is 2.07 bits per heavy atom. The van der Waals surface area contributed by atoms with Crippen molar-refractivity contribution in [2.24, 2.45) is 0 Å². The van der Waals surface area contributed by atoms with E-state index in [-0.39, 0.29) is 0 Å². The molecule has 0 rings (SSSR count). The van der Waals surface area contributed by atoms with Crippen molar-refractivity contribution >= 4 is 15.7 Å². The summed E-state index contributed by atoms with van der Waals surface area (Å²) in [5, 5.41) is 2.44. The molecule has 0 aromatic carbocycles. The minimum Gasteiger partial charge on any atom is -0.375 e. The minimum atomic E-state index is -3.25. The number of nitrogens with one attached hydrogen (secondary N) is 1. The Labute approximate surface area is 90.4 Å². The van der Waals surface area contributed by atoms with Gasteiger partial charge in [0.25, 0.3) is 0 Å². The van der Waals surface area contributed by atoms with Gasteiger partial charge in [-0.3, -0.25) is 4.79 Å². The number of carbonyl (C=O) groups excluding carboxylic acids is 1. The van der Waals surface area contributed by atoms with Crippen LogP contribution in [0.5, 0.6) is 0 Å². The van der Waals surface area contributed by atoms with Crippen LogP contribution in [0.2, 0.25) is 0 Å². The highest BCUT2D eigenvalue weighted by molar-refractivity contribution is 7.91. The fourth-order valence-electron chi connectivity index (χ4n) is 0.798. The zero-order valence-corrected chi connectivity index (χ0v) is 9.89. The van der Waals surface area contributed by atoms with E-state index in [2.05, 4.69) is 11.9 Å². The predicted octanol–water partition coefficient (Wildman–Crippen LogP) is -0.260. The highest BCUT2D eigenvalue weighted by Gasteiger charge is 2.09. The van der Waals surface area contributed by atoms with E-state index in [9.17, 15) is 13.2 Å². The summed E-state index contributed by atoms with van der Waals surface area (Å²) < 4.78 is 26.5. The van der Waals surface area contributed by atoms with Crippen molar-refractivity contribution in [3.8, 4) is 0 Å². The Morgan fingerprint density at radius 1 is 1.47 bits per heavy atom. The topological polar surface area (TPSA) is 72.5 Å². The summed E-state index contributed by atoms with van der Waals surface area (Å²) in [6, 6.07) is 0. The summed E-state index contributed by atoms with van der Waals surface area (Å²) in [6.07, 6.45) is 1.02. The lowest BCUT2D eigenvalue weighted by molar-refractivity contribution is -0.118. The molecular formula is C9H17NO4S. The van der Waals surface area contributed by atoms with Crippen LogP contribution in [-0.4, -0.2) is 46.1 Å². The molecule has 0 spiro atoms. The molecule has 1 N–H and O–H groups in total. The summed E-state index contributed by atoms with van der Waals surface area (Å²) in [5.74, 6) is -0.982. The van der Waals surface area contributed by atoms with Crippen molar-refractivity contribution in [2.75, 3.05) is 31.8 Å². The van der Waals surface area contributed by atoms with Crippen molar-refractivity contribution in [1.29, 1.82) is 0 Å². The number of carbonyl (C=O) groups is 1. The van der Waals surface area contributed by atoms with E-state index in [1.165, 1.54) is 0 Å². The van der Waals surface area contributed by atoms with Crippen LogP contribution in [0.15, 0.2) is 12.2 Å². The number of hydrogen-bond donors (Lipinski definition) is 1. The first-order valence-electron chi connectivity index (χ1n) is 4.48. The molecule has 0 aromatic heterocycles. The fourth-order valence-corrected chi connectivity index (χ4v) is 1.38. The fraction of sp³-hybridized carbons (Fsp3) is 0.667. The van der Waals surface area contributed by atoms with E-state index in [0.717, 1.165) is 11.8 Å². The maximum atomic E-state index is 11.0. The number of ether oxygens (including phenoxy) is 1. The molecular weight excluding hydrogens is 218 g/mol. The highest BCUT2D eigenvalue weighted by atomic mass is 32.2. The van der Waals surface area contributed by atoms with Gasteiger partial charge in [0.1, 0.15) is 5.75 Å². The third-order valence-electron chi connectivity index (χ3n) is 1.31. The normalized spacial score (nSPS) is 11.1. The van der Waals surface area contributed by atoms with Gasteiger partial charge in [-0.25, -0.2) is 8.42 Å². The maximum Gasteiger partial charge on any atom is 0.235 e. The molecule has 0 aliphatic heterocycles. The summed E-state index contributed by atoms with van der Waals surface area (Å²) in [7, 11) is -3.25. The zero-order valence-electron chi connectivity index (χ0n) is 9.08. The molecule has 0 saturated heterocycles. The van der Waals surface area contributed by atoms with Gasteiger partial charge in [-0.2, -0.15) is 0 Å². The van der Waals surface area contributed by atoms with Gasteiger partial charge >= 0.3 is 0 Å². The SMILES string of the molecule is C=C(C)COCCNC(=O)CS(C)(=O)=O. The van der Waals surface area contributed by atoms with Crippen LogP contribution in [0.25, 0.3) is 0 Å². The van der Waals surface area contributed by atoms with Gasteiger partial charge in [0, 0.05) is 12.8 Å².